The van der Waals surface area contributed by atoms with Crippen molar-refractivity contribution in [2.24, 2.45) is 0 Å². The van der Waals surface area contributed by atoms with Crippen LogP contribution in [-0.4, -0.2) is 36.9 Å². The lowest BCUT2D eigenvalue weighted by Gasteiger charge is -2.24. The van der Waals surface area contributed by atoms with E-state index in [9.17, 15) is 4.79 Å². The summed E-state index contributed by atoms with van der Waals surface area (Å²) in [4.78, 5) is 17.1. The number of rotatable bonds is 6. The number of nitrogens with one attached hydrogen (secondary N) is 1. The number of thioether (sulfide) groups is 1. The minimum absolute atomic E-state index is 0.0648. The van der Waals surface area contributed by atoms with Crippen LogP contribution in [-0.2, 0) is 4.79 Å². The van der Waals surface area contributed by atoms with E-state index >= 15 is 0 Å². The molecule has 1 aliphatic rings. The molecule has 0 radical (unpaired) electrons. The Hall–Kier alpha value is -2.67. The molecule has 1 N–H and O–H groups in total. The van der Waals surface area contributed by atoms with Gasteiger partial charge in [0.15, 0.2) is 11.0 Å². The van der Waals surface area contributed by atoms with E-state index in [4.69, 9.17) is 0 Å². The summed E-state index contributed by atoms with van der Waals surface area (Å²) in [5, 5.41) is 12.6. The number of amides is 1. The maximum atomic E-state index is 12.9. The SMILES string of the molecule is Cc1ccc(-n2c(S[C@@H](C)C(=O)NC3CCCCC3)nnc2-c2cccnc2)c(C)c1. The number of aryl methyl sites for hydroxylation is 2. The van der Waals surface area contributed by atoms with Gasteiger partial charge in [0.25, 0.3) is 0 Å². The zero-order valence-electron chi connectivity index (χ0n) is 18.3. The molecule has 6 nitrogen and oxygen atoms in total. The normalized spacial score (nSPS) is 15.6. The van der Waals surface area contributed by atoms with Gasteiger partial charge >= 0.3 is 0 Å². The highest BCUT2D eigenvalue weighted by Crippen LogP contribution is 2.31. The van der Waals surface area contributed by atoms with E-state index in [0.717, 1.165) is 35.5 Å². The van der Waals surface area contributed by atoms with E-state index in [2.05, 4.69) is 52.5 Å². The summed E-state index contributed by atoms with van der Waals surface area (Å²) in [7, 11) is 0. The van der Waals surface area contributed by atoms with Gasteiger partial charge in [0.05, 0.1) is 10.9 Å². The quantitative estimate of drug-likeness (QED) is 0.559. The lowest BCUT2D eigenvalue weighted by Crippen LogP contribution is -2.40. The van der Waals surface area contributed by atoms with Crippen LogP contribution in [0.3, 0.4) is 0 Å². The highest BCUT2D eigenvalue weighted by atomic mass is 32.2. The Morgan fingerprint density at radius 2 is 1.97 bits per heavy atom. The molecule has 1 aliphatic carbocycles. The number of benzene rings is 1. The van der Waals surface area contributed by atoms with Crippen molar-refractivity contribution in [2.75, 3.05) is 0 Å². The van der Waals surface area contributed by atoms with Gasteiger partial charge in [-0.1, -0.05) is 48.7 Å². The first-order chi connectivity index (χ1) is 15.0. The van der Waals surface area contributed by atoms with E-state index in [1.54, 1.807) is 12.4 Å². The fraction of sp³-hybridized carbons (Fsp3) is 0.417. The number of nitrogens with zero attached hydrogens (tertiary/aromatic N) is 4. The van der Waals surface area contributed by atoms with Crippen LogP contribution in [0.2, 0.25) is 0 Å². The monoisotopic (exact) mass is 435 g/mol. The number of hydrogen-bond donors (Lipinski definition) is 1. The molecule has 1 saturated carbocycles. The van der Waals surface area contributed by atoms with Crippen LogP contribution < -0.4 is 5.32 Å². The molecule has 31 heavy (non-hydrogen) atoms. The van der Waals surface area contributed by atoms with Gasteiger partial charge in [-0.3, -0.25) is 14.3 Å². The van der Waals surface area contributed by atoms with Gasteiger partial charge in [-0.2, -0.15) is 0 Å². The lowest BCUT2D eigenvalue weighted by atomic mass is 9.95. The first kappa shape index (κ1) is 21.6. The van der Waals surface area contributed by atoms with Crippen LogP contribution in [0, 0.1) is 13.8 Å². The summed E-state index contributed by atoms with van der Waals surface area (Å²) in [5.41, 5.74) is 4.23. The second-order valence-corrected chi connectivity index (χ2v) is 9.58. The average Bonchev–Trinajstić information content (AvgIpc) is 3.18. The average molecular weight is 436 g/mol. The largest absolute Gasteiger partial charge is 0.352 e. The van der Waals surface area contributed by atoms with Crippen molar-refractivity contribution in [3.63, 3.8) is 0 Å². The molecule has 1 fully saturated rings. The number of pyridine rings is 1. The van der Waals surface area contributed by atoms with E-state index < -0.39 is 0 Å². The fourth-order valence-electron chi connectivity index (χ4n) is 4.08. The molecule has 0 unspecified atom stereocenters. The Labute approximate surface area is 187 Å². The second kappa shape index (κ2) is 9.64. The van der Waals surface area contributed by atoms with Crippen LogP contribution in [0.15, 0.2) is 47.9 Å². The standard InChI is InChI=1S/C24H29N5OS/c1-16-11-12-21(17(2)14-16)29-22(19-8-7-13-25-15-19)27-28-24(29)31-18(3)23(30)26-20-9-5-4-6-10-20/h7-8,11-15,18,20H,4-6,9-10H2,1-3H3,(H,26,30)/t18-/m0/s1. The van der Waals surface area contributed by atoms with E-state index in [-0.39, 0.29) is 11.2 Å². The molecule has 162 valence electrons. The van der Waals surface area contributed by atoms with Crippen molar-refractivity contribution < 1.29 is 4.79 Å². The molecule has 0 saturated heterocycles. The van der Waals surface area contributed by atoms with Crippen molar-refractivity contribution in [2.45, 2.75) is 69.3 Å². The summed E-state index contributed by atoms with van der Waals surface area (Å²) in [6.45, 7) is 6.11. The van der Waals surface area contributed by atoms with Crippen LogP contribution >= 0.6 is 11.8 Å². The molecular weight excluding hydrogens is 406 g/mol. The smallest absolute Gasteiger partial charge is 0.233 e. The van der Waals surface area contributed by atoms with E-state index in [1.807, 2.05) is 23.6 Å². The van der Waals surface area contributed by atoms with Gasteiger partial charge in [-0.15, -0.1) is 10.2 Å². The van der Waals surface area contributed by atoms with Crippen LogP contribution in [0.5, 0.6) is 0 Å². The summed E-state index contributed by atoms with van der Waals surface area (Å²) < 4.78 is 2.04. The van der Waals surface area contributed by atoms with E-state index in [1.165, 1.54) is 36.6 Å². The molecule has 1 aromatic carbocycles. The van der Waals surface area contributed by atoms with Crippen molar-refractivity contribution in [1.29, 1.82) is 0 Å². The Balaban J connectivity index is 1.64. The fourth-order valence-corrected chi connectivity index (χ4v) is 4.95. The highest BCUT2D eigenvalue weighted by molar-refractivity contribution is 8.00. The third-order valence-electron chi connectivity index (χ3n) is 5.75. The second-order valence-electron chi connectivity index (χ2n) is 8.28. The molecule has 0 bridgehead atoms. The maximum absolute atomic E-state index is 12.9. The van der Waals surface area contributed by atoms with Crippen molar-refractivity contribution in [1.82, 2.24) is 25.1 Å². The van der Waals surface area contributed by atoms with Gasteiger partial charge < -0.3 is 5.32 Å². The Bertz CT molecular complexity index is 1040. The molecule has 0 aliphatic heterocycles. The van der Waals surface area contributed by atoms with Crippen LogP contribution in [0.4, 0.5) is 0 Å². The van der Waals surface area contributed by atoms with Crippen LogP contribution in [0.1, 0.15) is 50.2 Å². The van der Waals surface area contributed by atoms with Crippen molar-refractivity contribution in [3.05, 3.63) is 53.9 Å². The number of carbonyl (C=O) groups is 1. The predicted octanol–water partition coefficient (Wildman–Crippen LogP) is 4.88. The van der Waals surface area contributed by atoms with Gasteiger partial charge in [0, 0.05) is 24.0 Å². The third-order valence-corrected chi connectivity index (χ3v) is 6.79. The molecule has 1 amide bonds. The Morgan fingerprint density at radius 3 is 2.68 bits per heavy atom. The van der Waals surface area contributed by atoms with Crippen molar-refractivity contribution >= 4 is 17.7 Å². The molecule has 1 atom stereocenters. The predicted molar refractivity (Wildman–Crippen MR) is 124 cm³/mol. The number of aromatic nitrogens is 4. The molecule has 2 heterocycles. The zero-order chi connectivity index (χ0) is 21.8. The molecule has 3 aromatic rings. The van der Waals surface area contributed by atoms with Gasteiger partial charge in [-0.25, -0.2) is 0 Å². The molecule has 2 aromatic heterocycles. The van der Waals surface area contributed by atoms with Gasteiger partial charge in [-0.05, 0) is 57.4 Å². The van der Waals surface area contributed by atoms with Gasteiger partial charge in [0.2, 0.25) is 5.91 Å². The molecule has 0 spiro atoms. The summed E-state index contributed by atoms with van der Waals surface area (Å²) in [5.74, 6) is 0.789. The summed E-state index contributed by atoms with van der Waals surface area (Å²) in [6, 6.07) is 10.5. The first-order valence-electron chi connectivity index (χ1n) is 10.9. The molecular formula is C24H29N5OS. The van der Waals surface area contributed by atoms with Gasteiger partial charge in [0.1, 0.15) is 0 Å². The van der Waals surface area contributed by atoms with E-state index in [0.29, 0.717) is 11.2 Å². The number of hydrogen-bond acceptors (Lipinski definition) is 5. The number of carbonyl (C=O) groups excluding carboxylic acids is 1. The highest BCUT2D eigenvalue weighted by Gasteiger charge is 2.24. The minimum atomic E-state index is -0.266. The summed E-state index contributed by atoms with van der Waals surface area (Å²) in [6.07, 6.45) is 9.35. The topological polar surface area (TPSA) is 72.7 Å². The zero-order valence-corrected chi connectivity index (χ0v) is 19.2. The van der Waals surface area contributed by atoms with Crippen molar-refractivity contribution in [3.8, 4) is 17.1 Å². The third kappa shape index (κ3) is 4.98. The van der Waals surface area contributed by atoms with Crippen LogP contribution in [0.25, 0.3) is 17.1 Å². The Morgan fingerprint density at radius 1 is 1.16 bits per heavy atom. The molecule has 4 rings (SSSR count). The lowest BCUT2D eigenvalue weighted by molar-refractivity contribution is -0.121. The molecule has 7 heteroatoms. The first-order valence-corrected chi connectivity index (χ1v) is 11.8. The maximum Gasteiger partial charge on any atom is 0.233 e. The summed E-state index contributed by atoms with van der Waals surface area (Å²) >= 11 is 1.45. The minimum Gasteiger partial charge on any atom is -0.352 e. The Kier molecular flexibility index (Phi) is 6.70.